The minimum atomic E-state index is -0.150. The molecule has 4 aromatic rings. The lowest BCUT2D eigenvalue weighted by atomic mass is 10.1. The number of hydrogen-bond donors (Lipinski definition) is 1. The van der Waals surface area contributed by atoms with Crippen molar-refractivity contribution in [3.05, 3.63) is 82.9 Å². The molecule has 6 nitrogen and oxygen atoms in total. The van der Waals surface area contributed by atoms with Crippen LogP contribution in [0, 0.1) is 13.8 Å². The lowest BCUT2D eigenvalue weighted by molar-refractivity contribution is -0.113. The summed E-state index contributed by atoms with van der Waals surface area (Å²) >= 11 is 7.39. The van der Waals surface area contributed by atoms with Gasteiger partial charge in [-0.05, 0) is 55.8 Å². The average molecular weight is 479 g/mol. The summed E-state index contributed by atoms with van der Waals surface area (Å²) in [5.41, 5.74) is 4.51. The van der Waals surface area contributed by atoms with Crippen LogP contribution in [0.25, 0.3) is 17.1 Å². The molecule has 0 aliphatic rings. The fraction of sp³-hybridized carbons (Fsp3) is 0.160. The van der Waals surface area contributed by atoms with Crippen LogP contribution >= 0.6 is 23.4 Å². The number of ether oxygens (including phenoxy) is 1. The summed E-state index contributed by atoms with van der Waals surface area (Å²) in [5, 5.41) is 12.9. The van der Waals surface area contributed by atoms with E-state index in [9.17, 15) is 4.79 Å². The quantitative estimate of drug-likeness (QED) is 0.333. The van der Waals surface area contributed by atoms with Crippen molar-refractivity contribution < 1.29 is 9.53 Å². The number of aromatic nitrogens is 3. The Morgan fingerprint density at radius 3 is 2.58 bits per heavy atom. The van der Waals surface area contributed by atoms with Crippen LogP contribution in [0.1, 0.15) is 11.1 Å². The van der Waals surface area contributed by atoms with Crippen LogP contribution in [0.5, 0.6) is 5.75 Å². The van der Waals surface area contributed by atoms with E-state index in [1.807, 2.05) is 73.0 Å². The van der Waals surface area contributed by atoms with Gasteiger partial charge >= 0.3 is 0 Å². The van der Waals surface area contributed by atoms with Crippen molar-refractivity contribution in [3.8, 4) is 22.8 Å². The number of carbonyl (C=O) groups excluding carboxylic acids is 1. The highest BCUT2D eigenvalue weighted by Crippen LogP contribution is 2.33. The number of halogens is 1. The number of benzene rings is 3. The molecule has 0 bridgehead atoms. The van der Waals surface area contributed by atoms with Gasteiger partial charge in [-0.15, -0.1) is 10.2 Å². The monoisotopic (exact) mass is 478 g/mol. The predicted octanol–water partition coefficient (Wildman–Crippen LogP) is 5.94. The van der Waals surface area contributed by atoms with Gasteiger partial charge in [-0.25, -0.2) is 0 Å². The van der Waals surface area contributed by atoms with Gasteiger partial charge in [0.2, 0.25) is 5.91 Å². The van der Waals surface area contributed by atoms with E-state index in [1.54, 1.807) is 19.2 Å². The van der Waals surface area contributed by atoms with E-state index in [2.05, 4.69) is 15.5 Å². The van der Waals surface area contributed by atoms with Crippen molar-refractivity contribution in [1.82, 2.24) is 14.8 Å². The van der Waals surface area contributed by atoms with E-state index >= 15 is 0 Å². The topological polar surface area (TPSA) is 69.0 Å². The smallest absolute Gasteiger partial charge is 0.234 e. The molecule has 4 rings (SSSR count). The van der Waals surface area contributed by atoms with E-state index in [-0.39, 0.29) is 11.7 Å². The first-order valence-corrected chi connectivity index (χ1v) is 11.7. The number of methoxy groups -OCH3 is 1. The molecular formula is C25H23ClN4O2S. The van der Waals surface area contributed by atoms with Gasteiger partial charge in [0.05, 0.1) is 18.4 Å². The zero-order valence-electron chi connectivity index (χ0n) is 18.5. The zero-order valence-corrected chi connectivity index (χ0v) is 20.1. The molecule has 0 unspecified atom stereocenters. The summed E-state index contributed by atoms with van der Waals surface area (Å²) in [6.45, 7) is 3.96. The maximum absolute atomic E-state index is 12.7. The first-order chi connectivity index (χ1) is 16.0. The van der Waals surface area contributed by atoms with Crippen LogP contribution in [0.3, 0.4) is 0 Å². The van der Waals surface area contributed by atoms with E-state index in [4.69, 9.17) is 16.3 Å². The third-order valence-corrected chi connectivity index (χ3v) is 6.24. The number of hydrogen-bond acceptors (Lipinski definition) is 5. The van der Waals surface area contributed by atoms with Gasteiger partial charge in [-0.1, -0.05) is 59.3 Å². The number of thioether (sulfide) groups is 1. The highest BCUT2D eigenvalue weighted by Gasteiger charge is 2.20. The molecule has 1 N–H and O–H groups in total. The van der Waals surface area contributed by atoms with Gasteiger partial charge in [-0.2, -0.15) is 0 Å². The van der Waals surface area contributed by atoms with Crippen LogP contribution in [0.15, 0.2) is 71.9 Å². The second-order valence-corrected chi connectivity index (χ2v) is 8.85. The molecule has 0 saturated carbocycles. The van der Waals surface area contributed by atoms with Gasteiger partial charge in [-0.3, -0.25) is 9.36 Å². The Labute approximate surface area is 202 Å². The number of para-hydroxylation sites is 1. The summed E-state index contributed by atoms with van der Waals surface area (Å²) in [5.74, 6) is 1.36. The SMILES string of the molecule is COc1ccccc1-c1nnc(SCC(=O)Nc2cc(Cl)ccc2C)n1-c1ccc(C)cc1. The normalized spacial score (nSPS) is 10.8. The Morgan fingerprint density at radius 2 is 1.82 bits per heavy atom. The van der Waals surface area contributed by atoms with E-state index < -0.39 is 0 Å². The van der Waals surface area contributed by atoms with Crippen molar-refractivity contribution in [2.45, 2.75) is 19.0 Å². The Bertz CT molecular complexity index is 1290. The van der Waals surface area contributed by atoms with Crippen molar-refractivity contribution in [2.75, 3.05) is 18.2 Å². The third-order valence-electron chi connectivity index (χ3n) is 5.08. The van der Waals surface area contributed by atoms with Crippen LogP contribution in [-0.4, -0.2) is 33.5 Å². The number of amides is 1. The molecule has 0 aliphatic carbocycles. The number of anilines is 1. The Hall–Kier alpha value is -3.29. The fourth-order valence-corrected chi connectivity index (χ4v) is 4.26. The molecule has 0 radical (unpaired) electrons. The van der Waals surface area contributed by atoms with E-state index in [1.165, 1.54) is 11.8 Å². The van der Waals surface area contributed by atoms with Crippen molar-refractivity contribution >= 4 is 35.0 Å². The van der Waals surface area contributed by atoms with E-state index in [0.29, 0.717) is 27.4 Å². The second-order valence-electron chi connectivity index (χ2n) is 7.47. The zero-order chi connectivity index (χ0) is 23.4. The average Bonchev–Trinajstić information content (AvgIpc) is 3.24. The lowest BCUT2D eigenvalue weighted by Crippen LogP contribution is -2.15. The minimum absolute atomic E-state index is 0.150. The Morgan fingerprint density at radius 1 is 1.06 bits per heavy atom. The number of rotatable bonds is 7. The van der Waals surface area contributed by atoms with Crippen molar-refractivity contribution in [3.63, 3.8) is 0 Å². The largest absolute Gasteiger partial charge is 0.496 e. The molecule has 0 atom stereocenters. The van der Waals surface area contributed by atoms with Crippen molar-refractivity contribution in [1.29, 1.82) is 0 Å². The van der Waals surface area contributed by atoms with Gasteiger partial charge < -0.3 is 10.1 Å². The number of nitrogens with one attached hydrogen (secondary N) is 1. The molecule has 0 fully saturated rings. The number of nitrogens with zero attached hydrogens (tertiary/aromatic N) is 3. The Kier molecular flexibility index (Phi) is 7.01. The molecule has 33 heavy (non-hydrogen) atoms. The highest BCUT2D eigenvalue weighted by molar-refractivity contribution is 7.99. The molecule has 8 heteroatoms. The predicted molar refractivity (Wildman–Crippen MR) is 134 cm³/mol. The second kappa shape index (κ2) is 10.1. The molecule has 0 aliphatic heterocycles. The maximum Gasteiger partial charge on any atom is 0.234 e. The van der Waals surface area contributed by atoms with E-state index in [0.717, 1.165) is 22.4 Å². The number of aryl methyl sites for hydroxylation is 2. The summed E-state index contributed by atoms with van der Waals surface area (Å²) in [4.78, 5) is 12.7. The highest BCUT2D eigenvalue weighted by atomic mass is 35.5. The molecule has 168 valence electrons. The summed E-state index contributed by atoms with van der Waals surface area (Å²) in [7, 11) is 1.63. The van der Waals surface area contributed by atoms with Gasteiger partial charge in [0.1, 0.15) is 5.75 Å². The molecule has 1 amide bonds. The Balaban J connectivity index is 1.64. The standard InChI is InChI=1S/C25H23ClN4O2S/c1-16-8-12-19(13-9-16)30-24(20-6-4-5-7-22(20)32-3)28-29-25(30)33-15-23(31)27-21-14-18(26)11-10-17(21)2/h4-14H,15H2,1-3H3,(H,27,31). The molecule has 0 saturated heterocycles. The molecule has 3 aromatic carbocycles. The van der Waals surface area contributed by atoms with Crippen molar-refractivity contribution in [2.24, 2.45) is 0 Å². The summed E-state index contributed by atoms with van der Waals surface area (Å²) in [6.07, 6.45) is 0. The molecule has 1 heterocycles. The van der Waals surface area contributed by atoms with Gasteiger partial charge in [0.25, 0.3) is 0 Å². The molecule has 0 spiro atoms. The number of carbonyl (C=O) groups is 1. The van der Waals surface area contributed by atoms with Gasteiger partial charge in [0, 0.05) is 16.4 Å². The third kappa shape index (κ3) is 5.21. The van der Waals surface area contributed by atoms with Crippen LogP contribution in [0.2, 0.25) is 5.02 Å². The van der Waals surface area contributed by atoms with Gasteiger partial charge in [0.15, 0.2) is 11.0 Å². The van der Waals surface area contributed by atoms with Crippen LogP contribution in [-0.2, 0) is 4.79 Å². The lowest BCUT2D eigenvalue weighted by Gasteiger charge is -2.13. The fourth-order valence-electron chi connectivity index (χ4n) is 3.34. The van der Waals surface area contributed by atoms with Crippen LogP contribution < -0.4 is 10.1 Å². The maximum atomic E-state index is 12.7. The first-order valence-electron chi connectivity index (χ1n) is 10.3. The first kappa shape index (κ1) is 22.9. The van der Waals surface area contributed by atoms with Crippen LogP contribution in [0.4, 0.5) is 5.69 Å². The molecular weight excluding hydrogens is 456 g/mol. The summed E-state index contributed by atoms with van der Waals surface area (Å²) < 4.78 is 7.49. The molecule has 1 aromatic heterocycles. The summed E-state index contributed by atoms with van der Waals surface area (Å²) in [6, 6.07) is 21.2. The minimum Gasteiger partial charge on any atom is -0.496 e.